The molecule has 68 heavy (non-hydrogen) atoms. The number of para-hydroxylation sites is 3. The van der Waals surface area contributed by atoms with Crippen molar-refractivity contribution in [3.8, 4) is 5.75 Å². The number of aryl methyl sites for hydroxylation is 1. The molecule has 4 aromatic heterocycles. The van der Waals surface area contributed by atoms with Gasteiger partial charge in [0.25, 0.3) is 27.8 Å². The number of primary amides is 1. The Bertz CT molecular complexity index is 2920. The van der Waals surface area contributed by atoms with Crippen LogP contribution in [0.1, 0.15) is 35.7 Å². The highest BCUT2D eigenvalue weighted by Gasteiger charge is 2.49. The lowest BCUT2D eigenvalue weighted by molar-refractivity contribution is -0.765. The monoisotopic (exact) mass is 984 g/mol. The molecule has 0 spiro atoms. The molecule has 10 unspecified atom stereocenters. The summed E-state index contributed by atoms with van der Waals surface area (Å²) in [5.41, 5.74) is 9.15. The SMILES string of the molecule is C[n+]1c2ccccc2nc2c(OCCCC(=O)NCCNc3ncnc4c3ncn4C3OC(COP(=O)([O-])OP(=O)([O-])OCC4OC([n+]5cccc(C(N)=O)c5)C(O)C4O)C(O)C3O)cccc21. The van der Waals surface area contributed by atoms with E-state index in [1.165, 1.54) is 46.3 Å². The number of carbonyl (C=O) groups is 2. The molecule has 2 aliphatic rings. The van der Waals surface area contributed by atoms with Gasteiger partial charge in [-0.05, 0) is 24.6 Å². The second-order valence-corrected chi connectivity index (χ2v) is 18.6. The van der Waals surface area contributed by atoms with Crippen molar-refractivity contribution in [1.29, 1.82) is 0 Å². The smallest absolute Gasteiger partial charge is 0.292 e. The third-order valence-electron chi connectivity index (χ3n) is 11.1. The van der Waals surface area contributed by atoms with Crippen molar-refractivity contribution < 1.29 is 85.6 Å². The maximum Gasteiger partial charge on any atom is 0.292 e. The molecule has 2 fully saturated rings. The molecular formula is C40H46N10O16P2. The quantitative estimate of drug-likeness (QED) is 0.0189. The van der Waals surface area contributed by atoms with Crippen LogP contribution >= 0.6 is 15.6 Å². The highest BCUT2D eigenvalue weighted by Crippen LogP contribution is 2.56. The number of anilines is 1. The molecular weight excluding hydrogens is 938 g/mol. The lowest BCUT2D eigenvalue weighted by Crippen LogP contribution is -2.46. The van der Waals surface area contributed by atoms with Crippen LogP contribution in [0.4, 0.5) is 5.82 Å². The minimum atomic E-state index is -5.76. The van der Waals surface area contributed by atoms with Gasteiger partial charge in [0.15, 0.2) is 53.0 Å². The first-order chi connectivity index (χ1) is 32.5. The fourth-order valence-electron chi connectivity index (χ4n) is 7.66. The lowest BCUT2D eigenvalue weighted by atomic mass is 10.1. The number of pyridine rings is 1. The van der Waals surface area contributed by atoms with Crippen LogP contribution in [-0.2, 0) is 43.8 Å². The number of imidazole rings is 1. The van der Waals surface area contributed by atoms with E-state index in [-0.39, 0.29) is 48.0 Å². The van der Waals surface area contributed by atoms with Gasteiger partial charge in [0.2, 0.25) is 16.9 Å². The summed E-state index contributed by atoms with van der Waals surface area (Å²) >= 11 is 0. The van der Waals surface area contributed by atoms with Gasteiger partial charge in [-0.25, -0.2) is 24.2 Å². The Morgan fingerprint density at radius 2 is 1.59 bits per heavy atom. The Morgan fingerprint density at radius 1 is 0.868 bits per heavy atom. The molecule has 26 nitrogen and oxygen atoms in total. The first-order valence-corrected chi connectivity index (χ1v) is 23.9. The second kappa shape index (κ2) is 20.5. The van der Waals surface area contributed by atoms with Gasteiger partial charge in [0.05, 0.1) is 26.1 Å². The zero-order valence-electron chi connectivity index (χ0n) is 35.9. The summed E-state index contributed by atoms with van der Waals surface area (Å²) in [4.78, 5) is 66.7. The number of phosphoric ester groups is 2. The molecule has 2 aliphatic heterocycles. The standard InChI is InChI=1S/C40H46N10O16P2/c1-48-24-9-3-2-8-23(24)47-30-25(48)10-4-11-26(30)61-16-6-12-29(51)42-13-14-43-37-31-38(45-20-44-37)50(21-46-31)40-35(55)33(53)28(65-40)19-63-68(59,60)66-67(57,58)62-18-27-32(52)34(54)39(64-27)49-15-5-7-22(17-49)36(41)56/h2-5,7-11,15,17,20-21,27-28,32-35,39-40,52-55H,6,12-14,16,18-19H2,1H3,(H4-2,41,42,43,44,45,51,56,57,58,59,60). The molecule has 6 heterocycles. The maximum absolute atomic E-state index is 12.6. The van der Waals surface area contributed by atoms with Crippen molar-refractivity contribution in [2.24, 2.45) is 12.8 Å². The molecule has 2 aromatic carbocycles. The van der Waals surface area contributed by atoms with E-state index in [2.05, 4.69) is 43.5 Å². The molecule has 0 saturated carbocycles. The zero-order chi connectivity index (χ0) is 48.3. The van der Waals surface area contributed by atoms with Gasteiger partial charge in [-0.3, -0.25) is 23.3 Å². The molecule has 2 saturated heterocycles. The number of nitrogens with one attached hydrogen (secondary N) is 2. The van der Waals surface area contributed by atoms with Crippen molar-refractivity contribution in [1.82, 2.24) is 29.8 Å². The molecule has 0 bridgehead atoms. The Kier molecular flexibility index (Phi) is 14.7. The highest BCUT2D eigenvalue weighted by molar-refractivity contribution is 7.59. The number of nitrogens with zero attached hydrogens (tertiary/aromatic N) is 7. The van der Waals surface area contributed by atoms with Gasteiger partial charge in [-0.2, -0.15) is 9.13 Å². The molecule has 8 rings (SSSR count). The number of carbonyl (C=O) groups excluding carboxylic acids is 2. The number of aliphatic hydroxyl groups is 4. The Hall–Kier alpha value is -5.70. The van der Waals surface area contributed by atoms with E-state index in [0.29, 0.717) is 18.8 Å². The number of benzene rings is 2. The van der Waals surface area contributed by atoms with Gasteiger partial charge in [-0.1, -0.05) is 18.2 Å². The number of rotatable bonds is 20. The number of nitrogens with two attached hydrogens (primary N) is 1. The largest absolute Gasteiger partial charge is 0.756 e. The first-order valence-electron chi connectivity index (χ1n) is 20.9. The number of aliphatic hydroxyl groups excluding tert-OH is 4. The van der Waals surface area contributed by atoms with Crippen LogP contribution < -0.4 is 40.0 Å². The third-order valence-corrected chi connectivity index (χ3v) is 13.6. The number of hydrogen-bond acceptors (Lipinski definition) is 21. The van der Waals surface area contributed by atoms with E-state index in [4.69, 9.17) is 24.9 Å². The van der Waals surface area contributed by atoms with Crippen molar-refractivity contribution in [2.75, 3.05) is 38.2 Å². The van der Waals surface area contributed by atoms with E-state index in [1.807, 2.05) is 49.5 Å². The molecule has 6 aromatic rings. The van der Waals surface area contributed by atoms with E-state index < -0.39 is 83.8 Å². The van der Waals surface area contributed by atoms with Crippen LogP contribution in [0, 0.1) is 0 Å². The fraction of sp³-hybridized carbons (Fsp3) is 0.400. The Balaban J connectivity index is 0.779. The molecule has 2 amide bonds. The van der Waals surface area contributed by atoms with Crippen molar-refractivity contribution in [3.05, 3.63) is 85.2 Å². The summed E-state index contributed by atoms with van der Waals surface area (Å²) in [6, 6.07) is 16.3. The van der Waals surface area contributed by atoms with Crippen LogP contribution in [0.5, 0.6) is 5.75 Å². The summed E-state index contributed by atoms with van der Waals surface area (Å²) in [5.74, 6) is -0.101. The van der Waals surface area contributed by atoms with E-state index >= 15 is 0 Å². The number of aromatic nitrogens is 7. The average molecular weight is 985 g/mol. The van der Waals surface area contributed by atoms with E-state index in [0.717, 1.165) is 22.1 Å². The molecule has 8 N–H and O–H groups in total. The van der Waals surface area contributed by atoms with Gasteiger partial charge < -0.3 is 69.8 Å². The minimum Gasteiger partial charge on any atom is -0.756 e. The van der Waals surface area contributed by atoms with Gasteiger partial charge in [-0.15, -0.1) is 0 Å². The Morgan fingerprint density at radius 3 is 2.35 bits per heavy atom. The summed E-state index contributed by atoms with van der Waals surface area (Å²) in [6.07, 6.45) is -6.86. The minimum absolute atomic E-state index is 0.0417. The summed E-state index contributed by atoms with van der Waals surface area (Å²) in [7, 11) is -9.54. The number of hydrogen-bond donors (Lipinski definition) is 7. The van der Waals surface area contributed by atoms with Crippen LogP contribution in [-0.4, -0.2) is 126 Å². The zero-order valence-corrected chi connectivity index (χ0v) is 37.7. The normalized spacial score (nSPS) is 24.5. The fourth-order valence-corrected chi connectivity index (χ4v) is 9.68. The molecule has 0 radical (unpaired) electrons. The van der Waals surface area contributed by atoms with Crippen molar-refractivity contribution >= 4 is 66.5 Å². The topological polar surface area (TPSA) is 365 Å². The van der Waals surface area contributed by atoms with E-state index in [9.17, 15) is 48.9 Å². The maximum atomic E-state index is 12.6. The van der Waals surface area contributed by atoms with Crippen LogP contribution in [0.2, 0.25) is 0 Å². The summed E-state index contributed by atoms with van der Waals surface area (Å²) < 4.78 is 60.3. The Labute approximate surface area is 385 Å². The van der Waals surface area contributed by atoms with E-state index in [1.54, 1.807) is 0 Å². The van der Waals surface area contributed by atoms with Crippen molar-refractivity contribution in [2.45, 2.75) is 61.9 Å². The third kappa shape index (κ3) is 10.8. The molecule has 362 valence electrons. The number of phosphoric acid groups is 2. The molecule has 0 aliphatic carbocycles. The van der Waals surface area contributed by atoms with Crippen LogP contribution in [0.25, 0.3) is 33.2 Å². The number of amides is 2. The first kappa shape index (κ1) is 48.7. The lowest BCUT2D eigenvalue weighted by Gasteiger charge is -2.31. The van der Waals surface area contributed by atoms with Crippen LogP contribution in [0.3, 0.4) is 0 Å². The number of fused-ring (bicyclic) bond motifs is 3. The molecule has 28 heteroatoms. The second-order valence-electron chi connectivity index (χ2n) is 15.6. The predicted molar refractivity (Wildman–Crippen MR) is 227 cm³/mol. The van der Waals surface area contributed by atoms with Gasteiger partial charge >= 0.3 is 0 Å². The van der Waals surface area contributed by atoms with Crippen molar-refractivity contribution in [3.63, 3.8) is 0 Å². The van der Waals surface area contributed by atoms with Gasteiger partial charge in [0, 0.05) is 37.7 Å². The summed E-state index contributed by atoms with van der Waals surface area (Å²) in [5, 5.41) is 48.4. The highest BCUT2D eigenvalue weighted by atomic mass is 31.3. The van der Waals surface area contributed by atoms with Gasteiger partial charge in [0.1, 0.15) is 55.0 Å². The number of ether oxygens (including phenoxy) is 3. The molecule has 10 atom stereocenters. The predicted octanol–water partition coefficient (Wildman–Crippen LogP) is -1.95. The van der Waals surface area contributed by atoms with Crippen LogP contribution in [0.15, 0.2) is 79.6 Å². The summed E-state index contributed by atoms with van der Waals surface area (Å²) in [6.45, 7) is -1.29. The average Bonchev–Trinajstić information content (AvgIpc) is 3.96.